The summed E-state index contributed by atoms with van der Waals surface area (Å²) in [6.45, 7) is 6.51. The van der Waals surface area contributed by atoms with Crippen LogP contribution in [-0.2, 0) is 4.79 Å². The van der Waals surface area contributed by atoms with Gasteiger partial charge >= 0.3 is 0 Å². The molecule has 8 nitrogen and oxygen atoms in total. The van der Waals surface area contributed by atoms with Crippen LogP contribution in [0.4, 0.5) is 0 Å². The van der Waals surface area contributed by atoms with Gasteiger partial charge in [0.15, 0.2) is 5.84 Å². The Kier molecular flexibility index (Phi) is 5.62. The van der Waals surface area contributed by atoms with Gasteiger partial charge in [-0.3, -0.25) is 15.2 Å². The maximum Gasteiger partial charge on any atom is 0.283 e. The minimum atomic E-state index is -0.453. The van der Waals surface area contributed by atoms with E-state index in [2.05, 4.69) is 19.6 Å². The molecule has 34 heavy (non-hydrogen) atoms. The zero-order valence-corrected chi connectivity index (χ0v) is 19.8. The second kappa shape index (κ2) is 8.75. The summed E-state index contributed by atoms with van der Waals surface area (Å²) >= 11 is 1.26. The first-order valence-electron chi connectivity index (χ1n) is 10.8. The zero-order chi connectivity index (χ0) is 23.8. The standard InChI is InChI=1S/C25H22N6O2S/c1-4-33-21-10-6-5-9-20(21)30-15(2)12-18(16(30)3)13-19-22(26)31-25(28-23(19)32)34-24(29-31)17-8-7-11-27-14-17/h5-14,26H,4H2,1-3H3. The molecule has 0 atom stereocenters. The molecule has 0 aliphatic carbocycles. The van der Waals surface area contributed by atoms with Crippen molar-refractivity contribution in [2.75, 3.05) is 6.61 Å². The Balaban J connectivity index is 1.52. The highest BCUT2D eigenvalue weighted by Crippen LogP contribution is 2.33. The van der Waals surface area contributed by atoms with Gasteiger partial charge in [-0.15, -0.1) is 0 Å². The van der Waals surface area contributed by atoms with Crippen molar-refractivity contribution in [3.63, 3.8) is 0 Å². The van der Waals surface area contributed by atoms with E-state index in [0.717, 1.165) is 34.0 Å². The highest BCUT2D eigenvalue weighted by atomic mass is 32.2. The number of thioether (sulfide) groups is 1. The number of nitrogens with one attached hydrogen (secondary N) is 1. The Morgan fingerprint density at radius 1 is 1.18 bits per heavy atom. The van der Waals surface area contributed by atoms with Crippen LogP contribution in [0.15, 0.2) is 70.5 Å². The van der Waals surface area contributed by atoms with Crippen LogP contribution in [0.2, 0.25) is 0 Å². The van der Waals surface area contributed by atoms with Gasteiger partial charge in [0, 0.05) is 29.3 Å². The van der Waals surface area contributed by atoms with E-state index in [0.29, 0.717) is 16.8 Å². The van der Waals surface area contributed by atoms with E-state index in [-0.39, 0.29) is 11.4 Å². The summed E-state index contributed by atoms with van der Waals surface area (Å²) in [5, 5.41) is 15.6. The summed E-state index contributed by atoms with van der Waals surface area (Å²) in [7, 11) is 0. The highest BCUT2D eigenvalue weighted by Gasteiger charge is 2.36. The van der Waals surface area contributed by atoms with Crippen LogP contribution in [0.1, 0.15) is 29.4 Å². The van der Waals surface area contributed by atoms with Gasteiger partial charge in [0.2, 0.25) is 5.17 Å². The summed E-state index contributed by atoms with van der Waals surface area (Å²) in [4.78, 5) is 21.2. The predicted octanol–water partition coefficient (Wildman–Crippen LogP) is 4.56. The Morgan fingerprint density at radius 3 is 2.76 bits per heavy atom. The number of pyridine rings is 1. The molecule has 3 aromatic rings. The van der Waals surface area contributed by atoms with Crippen LogP contribution < -0.4 is 4.74 Å². The topological polar surface area (TPSA) is 95.9 Å². The summed E-state index contributed by atoms with van der Waals surface area (Å²) in [5.41, 5.74) is 4.69. The van der Waals surface area contributed by atoms with Crippen molar-refractivity contribution in [1.29, 1.82) is 5.41 Å². The number of rotatable bonds is 5. The molecule has 1 N–H and O–H groups in total. The first-order valence-corrected chi connectivity index (χ1v) is 11.6. The van der Waals surface area contributed by atoms with Crippen LogP contribution in [0.25, 0.3) is 11.8 Å². The molecule has 0 saturated heterocycles. The van der Waals surface area contributed by atoms with E-state index in [1.807, 2.05) is 63.2 Å². The summed E-state index contributed by atoms with van der Waals surface area (Å²) in [5.74, 6) is 0.333. The number of amidine groups is 2. The van der Waals surface area contributed by atoms with Gasteiger partial charge in [-0.1, -0.05) is 12.1 Å². The normalized spacial score (nSPS) is 16.6. The third kappa shape index (κ3) is 3.73. The minimum absolute atomic E-state index is 0.000842. The van der Waals surface area contributed by atoms with Gasteiger partial charge in [0.1, 0.15) is 10.8 Å². The Bertz CT molecular complexity index is 1400. The molecule has 1 amide bonds. The van der Waals surface area contributed by atoms with Crippen molar-refractivity contribution in [2.24, 2.45) is 10.1 Å². The van der Waals surface area contributed by atoms with Crippen molar-refractivity contribution >= 4 is 39.8 Å². The average Bonchev–Trinajstić information content (AvgIpc) is 3.38. The van der Waals surface area contributed by atoms with Gasteiger partial charge in [0.05, 0.1) is 17.9 Å². The van der Waals surface area contributed by atoms with Crippen molar-refractivity contribution in [3.05, 3.63) is 82.9 Å². The molecule has 0 saturated carbocycles. The van der Waals surface area contributed by atoms with Crippen molar-refractivity contribution < 1.29 is 9.53 Å². The van der Waals surface area contributed by atoms with Gasteiger partial charge in [-0.05, 0) is 74.5 Å². The number of amides is 1. The van der Waals surface area contributed by atoms with Gasteiger partial charge in [0.25, 0.3) is 5.91 Å². The molecular weight excluding hydrogens is 448 g/mol. The smallest absolute Gasteiger partial charge is 0.283 e. The van der Waals surface area contributed by atoms with Crippen LogP contribution in [0, 0.1) is 19.3 Å². The predicted molar refractivity (Wildman–Crippen MR) is 135 cm³/mol. The van der Waals surface area contributed by atoms with Crippen molar-refractivity contribution in [2.45, 2.75) is 20.8 Å². The number of hydrogen-bond donors (Lipinski definition) is 1. The van der Waals surface area contributed by atoms with Crippen LogP contribution in [-0.4, -0.2) is 43.1 Å². The SMILES string of the molecule is CCOc1ccccc1-n1c(C)cc(C=C2C(=N)N3N=C(c4cccnc4)SC3=NC2=O)c1C. The molecule has 170 valence electrons. The van der Waals surface area contributed by atoms with E-state index in [1.54, 1.807) is 18.5 Å². The average molecular weight is 471 g/mol. The van der Waals surface area contributed by atoms with Gasteiger partial charge < -0.3 is 9.30 Å². The molecule has 0 radical (unpaired) electrons. The second-order valence-corrected chi connectivity index (χ2v) is 8.69. The number of benzene rings is 1. The molecule has 1 aromatic carbocycles. The largest absolute Gasteiger partial charge is 0.492 e. The van der Waals surface area contributed by atoms with E-state index < -0.39 is 5.91 Å². The number of carbonyl (C=O) groups is 1. The molecule has 0 spiro atoms. The number of nitrogens with zero attached hydrogens (tertiary/aromatic N) is 5. The Labute approximate surface area is 201 Å². The third-order valence-corrected chi connectivity index (χ3v) is 6.50. The Morgan fingerprint density at radius 2 is 2.00 bits per heavy atom. The lowest BCUT2D eigenvalue weighted by molar-refractivity contribution is -0.114. The lowest BCUT2D eigenvalue weighted by atomic mass is 10.1. The monoisotopic (exact) mass is 470 g/mol. The second-order valence-electron chi connectivity index (χ2n) is 7.73. The maximum atomic E-state index is 12.9. The summed E-state index contributed by atoms with van der Waals surface area (Å²) in [6.07, 6.45) is 5.10. The van der Waals surface area contributed by atoms with Crippen molar-refractivity contribution in [3.8, 4) is 11.4 Å². The zero-order valence-electron chi connectivity index (χ0n) is 18.9. The number of carbonyl (C=O) groups excluding carboxylic acids is 1. The van der Waals surface area contributed by atoms with E-state index in [1.165, 1.54) is 16.8 Å². The quantitative estimate of drug-likeness (QED) is 0.552. The van der Waals surface area contributed by atoms with E-state index in [4.69, 9.17) is 10.1 Å². The lowest BCUT2D eigenvalue weighted by Crippen LogP contribution is -2.35. The highest BCUT2D eigenvalue weighted by molar-refractivity contribution is 8.27. The fraction of sp³-hybridized carbons (Fsp3) is 0.160. The fourth-order valence-corrected chi connectivity index (χ4v) is 4.86. The van der Waals surface area contributed by atoms with E-state index in [9.17, 15) is 4.79 Å². The third-order valence-electron chi connectivity index (χ3n) is 5.54. The fourth-order valence-electron chi connectivity index (χ4n) is 3.98. The maximum absolute atomic E-state index is 12.9. The number of hydrazone groups is 1. The molecule has 2 aromatic heterocycles. The number of fused-ring (bicyclic) bond motifs is 1. The number of aryl methyl sites for hydroxylation is 1. The van der Waals surface area contributed by atoms with Crippen LogP contribution in [0.5, 0.6) is 5.75 Å². The van der Waals surface area contributed by atoms with Crippen LogP contribution >= 0.6 is 11.8 Å². The Hall–Kier alpha value is -3.98. The molecule has 0 fully saturated rings. The molecule has 0 unspecified atom stereocenters. The minimum Gasteiger partial charge on any atom is -0.492 e. The van der Waals surface area contributed by atoms with Crippen molar-refractivity contribution in [1.82, 2.24) is 14.6 Å². The molecule has 2 aliphatic rings. The number of ether oxygens (including phenoxy) is 1. The first kappa shape index (κ1) is 21.8. The van der Waals surface area contributed by atoms with Gasteiger partial charge in [-0.2, -0.15) is 15.1 Å². The first-order chi connectivity index (χ1) is 16.5. The number of hydrogen-bond acceptors (Lipinski definition) is 6. The molecule has 0 bridgehead atoms. The number of para-hydroxylation sites is 2. The van der Waals surface area contributed by atoms with Crippen LogP contribution in [0.3, 0.4) is 0 Å². The lowest BCUT2D eigenvalue weighted by Gasteiger charge is -2.20. The molecule has 9 heteroatoms. The molecular formula is C25H22N6O2S. The molecule has 5 rings (SSSR count). The summed E-state index contributed by atoms with van der Waals surface area (Å²) < 4.78 is 7.91. The molecule has 4 heterocycles. The van der Waals surface area contributed by atoms with Gasteiger partial charge in [-0.25, -0.2) is 0 Å². The molecule has 2 aliphatic heterocycles. The summed E-state index contributed by atoms with van der Waals surface area (Å²) in [6, 6.07) is 13.5. The van der Waals surface area contributed by atoms with E-state index >= 15 is 0 Å². The number of aromatic nitrogens is 2. The number of aliphatic imine (C=N–C) groups is 1.